The highest BCUT2D eigenvalue weighted by Crippen LogP contribution is 2.24. The number of carbonyl (C=O) groups is 1. The van der Waals surface area contributed by atoms with E-state index in [1.165, 1.54) is 0 Å². The van der Waals surface area contributed by atoms with Gasteiger partial charge in [-0.3, -0.25) is 10.0 Å². The van der Waals surface area contributed by atoms with Gasteiger partial charge >= 0.3 is 0 Å². The molecular formula is C20H23NO5. The molecule has 0 atom stereocenters. The molecule has 1 amide bonds. The molecule has 0 aliphatic rings. The maximum atomic E-state index is 10.9. The van der Waals surface area contributed by atoms with E-state index in [9.17, 15) is 4.79 Å². The van der Waals surface area contributed by atoms with Crippen molar-refractivity contribution in [3.05, 3.63) is 53.6 Å². The molecule has 138 valence electrons. The number of hydrogen-bond acceptors (Lipinski definition) is 5. The number of nitrogens with one attached hydrogen (secondary N) is 1. The van der Waals surface area contributed by atoms with Crippen molar-refractivity contribution in [3.63, 3.8) is 0 Å². The Morgan fingerprint density at radius 2 is 1.58 bits per heavy atom. The lowest BCUT2D eigenvalue weighted by Crippen LogP contribution is -2.18. The van der Waals surface area contributed by atoms with Gasteiger partial charge in [-0.15, -0.1) is 0 Å². The van der Waals surface area contributed by atoms with Crippen LogP contribution < -0.4 is 19.7 Å². The van der Waals surface area contributed by atoms with Gasteiger partial charge in [0.05, 0.1) is 20.8 Å². The van der Waals surface area contributed by atoms with Crippen LogP contribution in [-0.4, -0.2) is 31.9 Å². The SMILES string of the molecule is COc1cc(/C=C/c2ccc(OCCCC(=O)NO)cc2)cc(OC)c1. The molecule has 26 heavy (non-hydrogen) atoms. The Kier molecular flexibility index (Phi) is 7.51. The zero-order chi connectivity index (χ0) is 18.8. The summed E-state index contributed by atoms with van der Waals surface area (Å²) >= 11 is 0. The minimum Gasteiger partial charge on any atom is -0.497 e. The number of hydroxylamine groups is 1. The molecule has 0 aliphatic heterocycles. The molecule has 0 saturated carbocycles. The summed E-state index contributed by atoms with van der Waals surface area (Å²) in [4.78, 5) is 10.9. The monoisotopic (exact) mass is 357 g/mol. The van der Waals surface area contributed by atoms with Gasteiger partial charge in [0.2, 0.25) is 5.91 Å². The van der Waals surface area contributed by atoms with E-state index in [0.717, 1.165) is 28.4 Å². The summed E-state index contributed by atoms with van der Waals surface area (Å²) in [6.07, 6.45) is 4.73. The fourth-order valence-electron chi connectivity index (χ4n) is 2.27. The predicted molar refractivity (Wildman–Crippen MR) is 99.6 cm³/mol. The second-order valence-corrected chi connectivity index (χ2v) is 5.54. The maximum absolute atomic E-state index is 10.9. The highest BCUT2D eigenvalue weighted by atomic mass is 16.5. The lowest BCUT2D eigenvalue weighted by Gasteiger charge is -2.06. The first kappa shape index (κ1) is 19.3. The first-order chi connectivity index (χ1) is 12.6. The topological polar surface area (TPSA) is 77.0 Å². The number of methoxy groups -OCH3 is 2. The van der Waals surface area contributed by atoms with Crippen LogP contribution in [0.25, 0.3) is 12.2 Å². The molecule has 0 fully saturated rings. The van der Waals surface area contributed by atoms with Gasteiger partial charge < -0.3 is 14.2 Å². The number of rotatable bonds is 9. The summed E-state index contributed by atoms with van der Waals surface area (Å²) < 4.78 is 16.1. The molecule has 2 rings (SSSR count). The Balaban J connectivity index is 1.92. The van der Waals surface area contributed by atoms with Crippen molar-refractivity contribution in [1.29, 1.82) is 0 Å². The van der Waals surface area contributed by atoms with Crippen LogP contribution in [0.3, 0.4) is 0 Å². The first-order valence-corrected chi connectivity index (χ1v) is 8.21. The summed E-state index contributed by atoms with van der Waals surface area (Å²) in [5.41, 5.74) is 3.60. The van der Waals surface area contributed by atoms with Crippen molar-refractivity contribution in [2.24, 2.45) is 0 Å². The molecule has 2 N–H and O–H groups in total. The average molecular weight is 357 g/mol. The standard InChI is InChI=1S/C20H23NO5/c1-24-18-12-16(13-19(14-18)25-2)6-5-15-7-9-17(10-8-15)26-11-3-4-20(22)21-23/h5-10,12-14,23H,3-4,11H2,1-2H3,(H,21,22)/b6-5+. The van der Waals surface area contributed by atoms with Crippen molar-refractivity contribution in [2.45, 2.75) is 12.8 Å². The van der Waals surface area contributed by atoms with Crippen molar-refractivity contribution in [1.82, 2.24) is 5.48 Å². The highest BCUT2D eigenvalue weighted by molar-refractivity contribution is 5.74. The van der Waals surface area contributed by atoms with Gasteiger partial charge in [0.1, 0.15) is 17.2 Å². The maximum Gasteiger partial charge on any atom is 0.243 e. The number of ether oxygens (including phenoxy) is 3. The zero-order valence-electron chi connectivity index (χ0n) is 14.9. The Bertz CT molecular complexity index is 718. The van der Waals surface area contributed by atoms with Crippen LogP contribution in [0.1, 0.15) is 24.0 Å². The van der Waals surface area contributed by atoms with Crippen LogP contribution in [0.2, 0.25) is 0 Å². The largest absolute Gasteiger partial charge is 0.497 e. The van der Waals surface area contributed by atoms with Crippen molar-refractivity contribution in [2.75, 3.05) is 20.8 Å². The third-order valence-electron chi connectivity index (χ3n) is 3.66. The lowest BCUT2D eigenvalue weighted by molar-refractivity contribution is -0.129. The second kappa shape index (κ2) is 10.1. The summed E-state index contributed by atoms with van der Waals surface area (Å²) in [6, 6.07) is 13.3. The quantitative estimate of drug-likeness (QED) is 0.311. The van der Waals surface area contributed by atoms with Gasteiger partial charge in [-0.1, -0.05) is 24.3 Å². The number of carbonyl (C=O) groups excluding carboxylic acids is 1. The summed E-state index contributed by atoms with van der Waals surface area (Å²) in [5.74, 6) is 1.79. The van der Waals surface area contributed by atoms with E-state index < -0.39 is 5.91 Å². The molecule has 0 aromatic heterocycles. The molecule has 0 aliphatic carbocycles. The van der Waals surface area contributed by atoms with Gasteiger partial charge in [-0.2, -0.15) is 0 Å². The lowest BCUT2D eigenvalue weighted by atomic mass is 10.1. The first-order valence-electron chi connectivity index (χ1n) is 8.21. The Labute approximate surface area is 153 Å². The van der Waals surface area contributed by atoms with E-state index in [1.54, 1.807) is 19.7 Å². The van der Waals surface area contributed by atoms with Crippen LogP contribution >= 0.6 is 0 Å². The smallest absolute Gasteiger partial charge is 0.243 e. The highest BCUT2D eigenvalue weighted by Gasteiger charge is 2.01. The molecule has 0 heterocycles. The normalized spacial score (nSPS) is 10.6. The molecule has 2 aromatic rings. The third kappa shape index (κ3) is 6.14. The molecule has 0 saturated heterocycles. The van der Waals surface area contributed by atoms with E-state index in [1.807, 2.05) is 54.6 Å². The number of hydrogen-bond donors (Lipinski definition) is 2. The second-order valence-electron chi connectivity index (χ2n) is 5.54. The minimum absolute atomic E-state index is 0.224. The van der Waals surface area contributed by atoms with Gasteiger partial charge in [-0.25, -0.2) is 5.48 Å². The van der Waals surface area contributed by atoms with E-state index in [4.69, 9.17) is 19.4 Å². The molecule has 0 bridgehead atoms. The molecule has 0 radical (unpaired) electrons. The van der Waals surface area contributed by atoms with Crippen LogP contribution in [-0.2, 0) is 4.79 Å². The molecule has 6 heteroatoms. The van der Waals surface area contributed by atoms with Gasteiger partial charge in [0.25, 0.3) is 0 Å². The fourth-order valence-corrected chi connectivity index (χ4v) is 2.27. The number of benzene rings is 2. The van der Waals surface area contributed by atoms with E-state index in [2.05, 4.69) is 0 Å². The minimum atomic E-state index is -0.414. The zero-order valence-corrected chi connectivity index (χ0v) is 14.9. The molecule has 2 aromatic carbocycles. The summed E-state index contributed by atoms with van der Waals surface area (Å²) in [5, 5.41) is 8.41. The summed E-state index contributed by atoms with van der Waals surface area (Å²) in [6.45, 7) is 0.409. The summed E-state index contributed by atoms with van der Waals surface area (Å²) in [7, 11) is 3.24. The van der Waals surface area contributed by atoms with Crippen molar-refractivity contribution >= 4 is 18.1 Å². The fraction of sp³-hybridized carbons (Fsp3) is 0.250. The van der Waals surface area contributed by atoms with Crippen LogP contribution in [0.4, 0.5) is 0 Å². The van der Waals surface area contributed by atoms with Crippen LogP contribution in [0.15, 0.2) is 42.5 Å². The van der Waals surface area contributed by atoms with Gasteiger partial charge in [0, 0.05) is 12.5 Å². The predicted octanol–water partition coefficient (Wildman–Crippen LogP) is 3.54. The third-order valence-corrected chi connectivity index (χ3v) is 3.66. The van der Waals surface area contributed by atoms with Crippen molar-refractivity contribution < 1.29 is 24.2 Å². The number of amides is 1. The molecule has 0 unspecified atom stereocenters. The van der Waals surface area contributed by atoms with E-state index >= 15 is 0 Å². The van der Waals surface area contributed by atoms with E-state index in [-0.39, 0.29) is 6.42 Å². The van der Waals surface area contributed by atoms with E-state index in [0.29, 0.717) is 13.0 Å². The van der Waals surface area contributed by atoms with Crippen LogP contribution in [0, 0.1) is 0 Å². The molecule has 0 spiro atoms. The van der Waals surface area contributed by atoms with Crippen molar-refractivity contribution in [3.8, 4) is 17.2 Å². The Hall–Kier alpha value is -2.99. The molecule has 6 nitrogen and oxygen atoms in total. The van der Waals surface area contributed by atoms with Crippen LogP contribution in [0.5, 0.6) is 17.2 Å². The Morgan fingerprint density at radius 3 is 2.15 bits per heavy atom. The van der Waals surface area contributed by atoms with Gasteiger partial charge in [0.15, 0.2) is 0 Å². The molecular weight excluding hydrogens is 334 g/mol. The average Bonchev–Trinajstić information content (AvgIpc) is 2.69. The Morgan fingerprint density at radius 1 is 0.962 bits per heavy atom. The van der Waals surface area contributed by atoms with Gasteiger partial charge in [-0.05, 0) is 41.8 Å².